The topological polar surface area (TPSA) is 44.8 Å². The molecule has 4 rings (SSSR count). The van der Waals surface area contributed by atoms with Crippen LogP contribution >= 0.6 is 11.6 Å². The number of anilines is 3. The Bertz CT molecular complexity index is 1250. The summed E-state index contributed by atoms with van der Waals surface area (Å²) in [6, 6.07) is 11.6. The van der Waals surface area contributed by atoms with Crippen LogP contribution in [0.4, 0.5) is 39.0 Å². The molecule has 3 aromatic carbocycles. The molecule has 1 saturated heterocycles. The van der Waals surface area contributed by atoms with E-state index in [4.69, 9.17) is 16.3 Å². The number of halogens is 6. The molecule has 0 saturated carbocycles. The van der Waals surface area contributed by atoms with Crippen molar-refractivity contribution in [2.45, 2.75) is 6.92 Å². The van der Waals surface area contributed by atoms with E-state index in [0.717, 1.165) is 4.90 Å². The van der Waals surface area contributed by atoms with E-state index < -0.39 is 34.8 Å². The molecule has 1 aliphatic rings. The van der Waals surface area contributed by atoms with Gasteiger partial charge in [0, 0.05) is 37.4 Å². The summed E-state index contributed by atoms with van der Waals surface area (Å²) in [6.07, 6.45) is 0. The van der Waals surface area contributed by atoms with Crippen LogP contribution in [0, 0.1) is 29.1 Å². The average Bonchev–Trinajstić information content (AvgIpc) is 2.88. The van der Waals surface area contributed by atoms with Crippen molar-refractivity contribution in [1.29, 1.82) is 0 Å². The summed E-state index contributed by atoms with van der Waals surface area (Å²) in [7, 11) is 0. The Kier molecular flexibility index (Phi) is 7.53. The lowest BCUT2D eigenvalue weighted by Crippen LogP contribution is -2.47. The molecular weight excluding hydrogens is 505 g/mol. The van der Waals surface area contributed by atoms with Gasteiger partial charge in [-0.25, -0.2) is 22.0 Å². The van der Waals surface area contributed by atoms with E-state index in [1.165, 1.54) is 0 Å². The number of carbonyl (C=O) groups is 1. The van der Waals surface area contributed by atoms with Crippen LogP contribution in [0.3, 0.4) is 0 Å². The fourth-order valence-electron chi connectivity index (χ4n) is 3.96. The number of benzene rings is 3. The predicted octanol–water partition coefficient (Wildman–Crippen LogP) is 6.01. The first-order valence-electron chi connectivity index (χ1n) is 11.1. The summed E-state index contributed by atoms with van der Waals surface area (Å²) in [5, 5.41) is 3.08. The normalized spacial score (nSPS) is 13.6. The van der Waals surface area contributed by atoms with Crippen LogP contribution in [0.1, 0.15) is 17.3 Å². The number of hydrogen-bond donors (Lipinski definition) is 1. The number of amides is 1. The third-order valence-electron chi connectivity index (χ3n) is 5.76. The summed E-state index contributed by atoms with van der Waals surface area (Å²) in [5.41, 5.74) is 0.558. The van der Waals surface area contributed by atoms with Crippen molar-refractivity contribution in [2.24, 2.45) is 0 Å². The van der Waals surface area contributed by atoms with Crippen LogP contribution in [0.15, 0.2) is 42.5 Å². The van der Waals surface area contributed by atoms with Crippen LogP contribution in [0.5, 0.6) is 5.75 Å². The van der Waals surface area contributed by atoms with E-state index in [1.807, 2.05) is 11.8 Å². The highest BCUT2D eigenvalue weighted by atomic mass is 35.5. The Labute approximate surface area is 209 Å². The molecule has 0 atom stereocenters. The van der Waals surface area contributed by atoms with Gasteiger partial charge in [0.25, 0.3) is 5.91 Å². The Balaban J connectivity index is 1.42. The number of nitrogens with one attached hydrogen (secondary N) is 1. The second-order valence-electron chi connectivity index (χ2n) is 7.97. The summed E-state index contributed by atoms with van der Waals surface area (Å²) < 4.78 is 74.2. The van der Waals surface area contributed by atoms with Crippen LogP contribution in [0.2, 0.25) is 5.02 Å². The minimum atomic E-state index is -2.19. The van der Waals surface area contributed by atoms with E-state index in [1.54, 1.807) is 42.5 Å². The molecule has 11 heteroatoms. The molecule has 1 fully saturated rings. The van der Waals surface area contributed by atoms with Gasteiger partial charge in [0.2, 0.25) is 5.82 Å². The maximum atomic E-state index is 14.2. The molecule has 0 spiro atoms. The monoisotopic (exact) mass is 525 g/mol. The second-order valence-corrected chi connectivity index (χ2v) is 8.38. The van der Waals surface area contributed by atoms with Gasteiger partial charge in [0.15, 0.2) is 23.3 Å². The molecule has 36 heavy (non-hydrogen) atoms. The Hall–Kier alpha value is -3.53. The third-order valence-corrected chi connectivity index (χ3v) is 6.06. The second kappa shape index (κ2) is 10.6. The van der Waals surface area contributed by atoms with Gasteiger partial charge in [-0.15, -0.1) is 0 Å². The number of rotatable bonds is 6. The highest BCUT2D eigenvalue weighted by molar-refractivity contribution is 6.33. The first-order valence-corrected chi connectivity index (χ1v) is 11.4. The predicted molar refractivity (Wildman–Crippen MR) is 128 cm³/mol. The average molecular weight is 526 g/mol. The largest absolute Gasteiger partial charge is 0.494 e. The van der Waals surface area contributed by atoms with Gasteiger partial charge in [0.05, 0.1) is 17.3 Å². The lowest BCUT2D eigenvalue weighted by atomic mass is 10.1. The van der Waals surface area contributed by atoms with Crippen molar-refractivity contribution in [2.75, 3.05) is 47.9 Å². The number of carbonyl (C=O) groups excluding carboxylic acids is 1. The van der Waals surface area contributed by atoms with E-state index >= 15 is 0 Å². The van der Waals surface area contributed by atoms with Crippen LogP contribution in [-0.2, 0) is 0 Å². The Morgan fingerprint density at radius 1 is 0.861 bits per heavy atom. The standard InChI is InChI=1S/C25H21ClF5N3O2/c1-2-36-16-6-3-14(4-7-16)25(35)32-15-5-8-18(17(26)13-15)33-9-11-34(12-10-33)24-22(30)20(28)19(27)21(29)23(24)31/h3-8,13H,2,9-12H2,1H3,(H,32,35). The molecule has 3 aromatic rings. The maximum absolute atomic E-state index is 14.2. The zero-order valence-electron chi connectivity index (χ0n) is 19.1. The van der Waals surface area contributed by atoms with Crippen LogP contribution < -0.4 is 19.9 Å². The van der Waals surface area contributed by atoms with Gasteiger partial charge < -0.3 is 19.9 Å². The van der Waals surface area contributed by atoms with Crippen molar-refractivity contribution in [3.05, 3.63) is 82.1 Å². The molecule has 1 amide bonds. The maximum Gasteiger partial charge on any atom is 0.255 e. The van der Waals surface area contributed by atoms with E-state index in [2.05, 4.69) is 5.32 Å². The zero-order chi connectivity index (χ0) is 26.0. The van der Waals surface area contributed by atoms with E-state index in [0.29, 0.717) is 34.3 Å². The molecule has 5 nitrogen and oxygen atoms in total. The van der Waals surface area contributed by atoms with E-state index in [-0.39, 0.29) is 32.1 Å². The fraction of sp³-hybridized carbons (Fsp3) is 0.240. The zero-order valence-corrected chi connectivity index (χ0v) is 19.8. The van der Waals surface area contributed by atoms with Gasteiger partial charge in [-0.1, -0.05) is 11.6 Å². The summed E-state index contributed by atoms with van der Waals surface area (Å²) >= 11 is 6.43. The molecule has 1 heterocycles. The van der Waals surface area contributed by atoms with Gasteiger partial charge in [0.1, 0.15) is 11.4 Å². The molecular formula is C25H21ClF5N3O2. The third kappa shape index (κ3) is 5.04. The van der Waals surface area contributed by atoms with Crippen molar-refractivity contribution >= 4 is 34.6 Å². The molecule has 190 valence electrons. The van der Waals surface area contributed by atoms with Gasteiger partial charge in [-0.05, 0) is 49.4 Å². The smallest absolute Gasteiger partial charge is 0.255 e. The van der Waals surface area contributed by atoms with Crippen LogP contribution in [0.25, 0.3) is 0 Å². The quantitative estimate of drug-likeness (QED) is 0.243. The van der Waals surface area contributed by atoms with Crippen molar-refractivity contribution < 1.29 is 31.5 Å². The first kappa shape index (κ1) is 25.6. The van der Waals surface area contributed by atoms with E-state index in [9.17, 15) is 26.7 Å². The van der Waals surface area contributed by atoms with Crippen LogP contribution in [-0.4, -0.2) is 38.7 Å². The SMILES string of the molecule is CCOc1ccc(C(=O)Nc2ccc(N3CCN(c4c(F)c(F)c(F)c(F)c4F)CC3)c(Cl)c2)cc1. The summed E-state index contributed by atoms with van der Waals surface area (Å²) in [5.74, 6) is -9.53. The lowest BCUT2D eigenvalue weighted by Gasteiger charge is -2.38. The molecule has 1 N–H and O–H groups in total. The van der Waals surface area contributed by atoms with Gasteiger partial charge >= 0.3 is 0 Å². The summed E-state index contributed by atoms with van der Waals surface area (Å²) in [6.45, 7) is 2.83. The highest BCUT2D eigenvalue weighted by Crippen LogP contribution is 2.33. The molecule has 0 aliphatic carbocycles. The lowest BCUT2D eigenvalue weighted by molar-refractivity contribution is 0.102. The minimum absolute atomic E-state index is 0.00487. The highest BCUT2D eigenvalue weighted by Gasteiger charge is 2.31. The van der Waals surface area contributed by atoms with Gasteiger partial charge in [-0.3, -0.25) is 4.79 Å². The minimum Gasteiger partial charge on any atom is -0.494 e. The van der Waals surface area contributed by atoms with Crippen molar-refractivity contribution in [1.82, 2.24) is 0 Å². The summed E-state index contributed by atoms with van der Waals surface area (Å²) in [4.78, 5) is 15.5. The van der Waals surface area contributed by atoms with Crippen molar-refractivity contribution in [3.63, 3.8) is 0 Å². The van der Waals surface area contributed by atoms with Crippen molar-refractivity contribution in [3.8, 4) is 5.75 Å². The molecule has 0 radical (unpaired) electrons. The first-order chi connectivity index (χ1) is 17.2. The number of nitrogens with zero attached hydrogens (tertiary/aromatic N) is 2. The number of piperazine rings is 1. The Morgan fingerprint density at radius 3 is 1.97 bits per heavy atom. The Morgan fingerprint density at radius 2 is 1.42 bits per heavy atom. The number of hydrogen-bond acceptors (Lipinski definition) is 4. The number of ether oxygens (including phenoxy) is 1. The fourth-order valence-corrected chi connectivity index (χ4v) is 4.26. The molecule has 0 bridgehead atoms. The van der Waals surface area contributed by atoms with Gasteiger partial charge in [-0.2, -0.15) is 0 Å². The molecule has 0 unspecified atom stereocenters. The molecule has 0 aromatic heterocycles. The molecule has 1 aliphatic heterocycles.